The number of nitro groups is 1. The molecule has 9 heteroatoms. The molecule has 0 aliphatic rings. The summed E-state index contributed by atoms with van der Waals surface area (Å²) in [6.07, 6.45) is -0.0177. The second-order valence-corrected chi connectivity index (χ2v) is 8.28. The average molecular weight is 405 g/mol. The van der Waals surface area contributed by atoms with Crippen LogP contribution < -0.4 is 10.0 Å². The number of carbonyl (C=O) groups excluding carboxylic acids is 1. The van der Waals surface area contributed by atoms with Gasteiger partial charge in [-0.3, -0.25) is 14.9 Å². The van der Waals surface area contributed by atoms with Gasteiger partial charge in [0, 0.05) is 31.6 Å². The number of aryl methyl sites for hydroxylation is 3. The summed E-state index contributed by atoms with van der Waals surface area (Å²) in [5, 5.41) is 13.3. The Hall–Kier alpha value is -2.78. The van der Waals surface area contributed by atoms with Gasteiger partial charge in [0.25, 0.3) is 5.69 Å². The van der Waals surface area contributed by atoms with Crippen molar-refractivity contribution < 1.29 is 18.1 Å². The maximum atomic E-state index is 12.5. The number of carbonyl (C=O) groups is 1. The Kier molecular flexibility index (Phi) is 6.87. The van der Waals surface area contributed by atoms with E-state index in [0.717, 1.165) is 5.56 Å². The van der Waals surface area contributed by atoms with Crippen molar-refractivity contribution in [2.24, 2.45) is 0 Å². The van der Waals surface area contributed by atoms with E-state index >= 15 is 0 Å². The smallest absolute Gasteiger partial charge is 0.269 e. The van der Waals surface area contributed by atoms with Crippen LogP contribution in [0.25, 0.3) is 0 Å². The standard InChI is InChI=1S/C19H23N3O5S/c1-13-10-14(2)19(15(3)11-13)28(26,27)21-9-8-18(23)20-12-16-4-6-17(7-5-16)22(24)25/h4-7,10-11,21H,8-9,12H2,1-3H3,(H,20,23). The van der Waals surface area contributed by atoms with E-state index in [9.17, 15) is 23.3 Å². The van der Waals surface area contributed by atoms with Crippen molar-refractivity contribution in [1.82, 2.24) is 10.0 Å². The first-order chi connectivity index (χ1) is 13.1. The summed E-state index contributed by atoms with van der Waals surface area (Å²) in [5.74, 6) is -0.321. The van der Waals surface area contributed by atoms with Crippen LogP contribution in [0.3, 0.4) is 0 Å². The molecule has 0 atom stereocenters. The lowest BCUT2D eigenvalue weighted by Gasteiger charge is -2.13. The maximum absolute atomic E-state index is 12.5. The number of non-ortho nitro benzene ring substituents is 1. The number of hydrogen-bond acceptors (Lipinski definition) is 5. The third-order valence-corrected chi connectivity index (χ3v) is 5.92. The number of sulfonamides is 1. The van der Waals surface area contributed by atoms with Gasteiger partial charge in [-0.25, -0.2) is 13.1 Å². The highest BCUT2D eigenvalue weighted by atomic mass is 32.2. The van der Waals surface area contributed by atoms with Gasteiger partial charge >= 0.3 is 0 Å². The van der Waals surface area contributed by atoms with Crippen molar-refractivity contribution in [3.8, 4) is 0 Å². The minimum Gasteiger partial charge on any atom is -0.352 e. The molecule has 2 aromatic rings. The zero-order valence-corrected chi connectivity index (χ0v) is 16.8. The number of nitrogens with one attached hydrogen (secondary N) is 2. The van der Waals surface area contributed by atoms with Crippen LogP contribution in [0.1, 0.15) is 28.7 Å². The first kappa shape index (κ1) is 21.5. The number of benzene rings is 2. The third kappa shape index (κ3) is 5.61. The van der Waals surface area contributed by atoms with Crippen molar-refractivity contribution in [1.29, 1.82) is 0 Å². The molecule has 28 heavy (non-hydrogen) atoms. The Morgan fingerprint density at radius 1 is 1.07 bits per heavy atom. The monoisotopic (exact) mass is 405 g/mol. The summed E-state index contributed by atoms with van der Waals surface area (Å²) < 4.78 is 27.5. The molecule has 0 saturated heterocycles. The molecule has 0 aliphatic carbocycles. The molecule has 0 spiro atoms. The fraction of sp³-hybridized carbons (Fsp3) is 0.316. The highest BCUT2D eigenvalue weighted by Gasteiger charge is 2.19. The van der Waals surface area contributed by atoms with Crippen molar-refractivity contribution in [3.63, 3.8) is 0 Å². The average Bonchev–Trinajstić information content (AvgIpc) is 2.59. The number of amides is 1. The van der Waals surface area contributed by atoms with Gasteiger partial charge in [0.1, 0.15) is 0 Å². The summed E-state index contributed by atoms with van der Waals surface area (Å²) in [4.78, 5) is 22.3. The molecule has 0 bridgehead atoms. The van der Waals surface area contributed by atoms with E-state index in [1.807, 2.05) is 6.92 Å². The van der Waals surface area contributed by atoms with Gasteiger partial charge < -0.3 is 5.32 Å². The van der Waals surface area contributed by atoms with Crippen LogP contribution in [0.4, 0.5) is 5.69 Å². The molecule has 0 aromatic heterocycles. The Labute approximate surface area is 164 Å². The molecule has 2 aromatic carbocycles. The molecule has 0 aliphatic heterocycles. The second-order valence-electron chi connectivity index (χ2n) is 6.58. The summed E-state index contributed by atoms with van der Waals surface area (Å²) in [5.41, 5.74) is 3.00. The minimum absolute atomic E-state index is 0.0177. The molecule has 1 amide bonds. The van der Waals surface area contributed by atoms with Crippen molar-refractivity contribution in [2.75, 3.05) is 6.54 Å². The Balaban J connectivity index is 1.87. The number of rotatable bonds is 8. The molecule has 8 nitrogen and oxygen atoms in total. The van der Waals surface area contributed by atoms with Crippen LogP contribution in [0, 0.1) is 30.9 Å². The highest BCUT2D eigenvalue weighted by molar-refractivity contribution is 7.89. The molecule has 0 heterocycles. The SMILES string of the molecule is Cc1cc(C)c(S(=O)(=O)NCCC(=O)NCc2ccc([N+](=O)[O-])cc2)c(C)c1. The van der Waals surface area contributed by atoms with Gasteiger partial charge in [-0.15, -0.1) is 0 Å². The Morgan fingerprint density at radius 3 is 2.18 bits per heavy atom. The van der Waals surface area contributed by atoms with Crippen LogP contribution in [-0.2, 0) is 21.4 Å². The zero-order valence-electron chi connectivity index (χ0n) is 16.0. The molecule has 2 rings (SSSR count). The lowest BCUT2D eigenvalue weighted by atomic mass is 10.1. The van der Waals surface area contributed by atoms with E-state index in [0.29, 0.717) is 16.7 Å². The van der Waals surface area contributed by atoms with Crippen LogP contribution in [0.5, 0.6) is 0 Å². The van der Waals surface area contributed by atoms with E-state index in [1.165, 1.54) is 12.1 Å². The van der Waals surface area contributed by atoms with Gasteiger partial charge in [-0.05, 0) is 37.5 Å². The van der Waals surface area contributed by atoms with E-state index in [-0.39, 0.29) is 36.0 Å². The molecule has 150 valence electrons. The van der Waals surface area contributed by atoms with Crippen LogP contribution in [-0.4, -0.2) is 25.8 Å². The molecular formula is C19H23N3O5S. The van der Waals surface area contributed by atoms with Gasteiger partial charge in [-0.2, -0.15) is 0 Å². The number of hydrogen-bond donors (Lipinski definition) is 2. The van der Waals surface area contributed by atoms with Crippen LogP contribution in [0.2, 0.25) is 0 Å². The highest BCUT2D eigenvalue weighted by Crippen LogP contribution is 2.21. The van der Waals surface area contributed by atoms with Crippen molar-refractivity contribution >= 4 is 21.6 Å². The maximum Gasteiger partial charge on any atom is 0.269 e. The van der Waals surface area contributed by atoms with E-state index < -0.39 is 14.9 Å². The summed E-state index contributed by atoms with van der Waals surface area (Å²) in [6.45, 7) is 5.57. The normalized spacial score (nSPS) is 11.2. The van der Waals surface area contributed by atoms with E-state index in [4.69, 9.17) is 0 Å². The second kappa shape index (κ2) is 8.94. The number of nitrogens with zero attached hydrogens (tertiary/aromatic N) is 1. The Morgan fingerprint density at radius 2 is 1.64 bits per heavy atom. The largest absolute Gasteiger partial charge is 0.352 e. The van der Waals surface area contributed by atoms with Gasteiger partial charge in [0.2, 0.25) is 15.9 Å². The first-order valence-corrected chi connectivity index (χ1v) is 10.2. The number of nitro benzene ring substituents is 1. The first-order valence-electron chi connectivity index (χ1n) is 8.67. The Bertz CT molecular complexity index is 962. The predicted octanol–water partition coefficient (Wildman–Crippen LogP) is 2.50. The predicted molar refractivity (Wildman–Crippen MR) is 105 cm³/mol. The third-order valence-electron chi connectivity index (χ3n) is 4.15. The summed E-state index contributed by atoms with van der Waals surface area (Å²) in [7, 11) is -3.71. The topological polar surface area (TPSA) is 118 Å². The molecule has 0 fully saturated rings. The van der Waals surface area contributed by atoms with E-state index in [2.05, 4.69) is 10.0 Å². The van der Waals surface area contributed by atoms with Crippen LogP contribution >= 0.6 is 0 Å². The lowest BCUT2D eigenvalue weighted by molar-refractivity contribution is -0.384. The fourth-order valence-corrected chi connectivity index (χ4v) is 4.47. The molecule has 0 radical (unpaired) electrons. The molecule has 2 N–H and O–H groups in total. The minimum atomic E-state index is -3.71. The van der Waals surface area contributed by atoms with Crippen LogP contribution in [0.15, 0.2) is 41.3 Å². The fourth-order valence-electron chi connectivity index (χ4n) is 2.99. The van der Waals surface area contributed by atoms with Gasteiger partial charge in [-0.1, -0.05) is 29.8 Å². The van der Waals surface area contributed by atoms with Gasteiger partial charge in [0.15, 0.2) is 0 Å². The zero-order chi connectivity index (χ0) is 20.9. The van der Waals surface area contributed by atoms with Gasteiger partial charge in [0.05, 0.1) is 9.82 Å². The van der Waals surface area contributed by atoms with Crippen molar-refractivity contribution in [3.05, 3.63) is 68.8 Å². The lowest BCUT2D eigenvalue weighted by Crippen LogP contribution is -2.31. The summed E-state index contributed by atoms with van der Waals surface area (Å²) >= 11 is 0. The summed E-state index contributed by atoms with van der Waals surface area (Å²) in [6, 6.07) is 9.45. The quantitative estimate of drug-likeness (QED) is 0.517. The van der Waals surface area contributed by atoms with Crippen molar-refractivity contribution in [2.45, 2.75) is 38.6 Å². The van der Waals surface area contributed by atoms with E-state index in [1.54, 1.807) is 38.1 Å². The molecule has 0 saturated carbocycles. The molecular weight excluding hydrogens is 382 g/mol. The molecule has 0 unspecified atom stereocenters.